The number of carbonyl (C=O) groups is 2. The Morgan fingerprint density at radius 3 is 2.45 bits per heavy atom. The third-order valence-electron chi connectivity index (χ3n) is 4.73. The molecule has 2 fully saturated rings. The van der Waals surface area contributed by atoms with Crippen LogP contribution >= 0.6 is 0 Å². The van der Waals surface area contributed by atoms with E-state index in [-0.39, 0.29) is 49.2 Å². The predicted molar refractivity (Wildman–Crippen MR) is 84.2 cm³/mol. The zero-order chi connectivity index (χ0) is 15.9. The molecule has 1 saturated heterocycles. The summed E-state index contributed by atoms with van der Waals surface area (Å²) in [5, 5.41) is 9.21. The van der Waals surface area contributed by atoms with Crippen LogP contribution in [0, 0.1) is 5.92 Å². The monoisotopic (exact) mass is 310 g/mol. The molecule has 5 nitrogen and oxygen atoms in total. The molecule has 0 bridgehead atoms. The van der Waals surface area contributed by atoms with Crippen molar-refractivity contribution in [2.24, 2.45) is 5.92 Å². The van der Waals surface area contributed by atoms with E-state index in [1.807, 2.05) is 7.85 Å². The second-order valence-electron chi connectivity index (χ2n) is 6.59. The van der Waals surface area contributed by atoms with Gasteiger partial charge in [-0.25, -0.2) is 0 Å². The van der Waals surface area contributed by atoms with E-state index < -0.39 is 6.10 Å². The van der Waals surface area contributed by atoms with E-state index in [1.165, 1.54) is 12.8 Å². The summed E-state index contributed by atoms with van der Waals surface area (Å²) in [6, 6.07) is -0.0115. The lowest BCUT2D eigenvalue weighted by Gasteiger charge is -2.17. The van der Waals surface area contributed by atoms with E-state index in [0.29, 0.717) is 6.42 Å². The van der Waals surface area contributed by atoms with Crippen molar-refractivity contribution in [2.45, 2.75) is 76.0 Å². The van der Waals surface area contributed by atoms with Gasteiger partial charge in [0.25, 0.3) is 0 Å². The van der Waals surface area contributed by atoms with Gasteiger partial charge in [-0.15, -0.1) is 0 Å². The molecule has 6 heteroatoms. The largest absolute Gasteiger partial charge is 0.459 e. The first kappa shape index (κ1) is 17.5. The maximum Gasteiger partial charge on any atom is 0.306 e. The van der Waals surface area contributed by atoms with Gasteiger partial charge in [-0.05, 0) is 12.8 Å². The fourth-order valence-electron chi connectivity index (χ4n) is 3.46. The number of ether oxygens (including phenoxy) is 2. The maximum atomic E-state index is 12.2. The van der Waals surface area contributed by atoms with Crippen molar-refractivity contribution in [2.75, 3.05) is 6.61 Å². The summed E-state index contributed by atoms with van der Waals surface area (Å²) in [6.45, 7) is -0.150. The quantitative estimate of drug-likeness (QED) is 0.449. The smallest absolute Gasteiger partial charge is 0.306 e. The Morgan fingerprint density at radius 1 is 1.14 bits per heavy atom. The van der Waals surface area contributed by atoms with Gasteiger partial charge in [0.1, 0.15) is 25.8 Å². The molecule has 2 rings (SSSR count). The molecular weight excluding hydrogens is 283 g/mol. The van der Waals surface area contributed by atoms with Crippen LogP contribution in [-0.4, -0.2) is 49.5 Å². The van der Waals surface area contributed by atoms with E-state index in [0.717, 1.165) is 25.7 Å². The average molecular weight is 310 g/mol. The van der Waals surface area contributed by atoms with Crippen LogP contribution in [0.25, 0.3) is 0 Å². The van der Waals surface area contributed by atoms with Gasteiger partial charge < -0.3 is 14.6 Å². The summed E-state index contributed by atoms with van der Waals surface area (Å²) < 4.78 is 10.8. The van der Waals surface area contributed by atoms with Crippen LogP contribution in [0.1, 0.15) is 57.8 Å². The van der Waals surface area contributed by atoms with Gasteiger partial charge in [0, 0.05) is 24.8 Å². The minimum absolute atomic E-state index is 0.0115. The summed E-state index contributed by atoms with van der Waals surface area (Å²) in [7, 11) is 1.89. The Bertz CT molecular complexity index is 379. The molecule has 1 saturated carbocycles. The summed E-state index contributed by atoms with van der Waals surface area (Å²) in [5.41, 5.74) is 0. The zero-order valence-corrected chi connectivity index (χ0v) is 13.5. The highest BCUT2D eigenvalue weighted by Gasteiger charge is 2.35. The molecule has 1 N–H and O–H groups in total. The zero-order valence-electron chi connectivity index (χ0n) is 13.5. The Hall–Kier alpha value is -0.875. The first-order valence-corrected chi connectivity index (χ1v) is 8.58. The fraction of sp³-hybridized carbons (Fsp3) is 0.875. The minimum Gasteiger partial charge on any atom is -0.459 e. The summed E-state index contributed by atoms with van der Waals surface area (Å²) >= 11 is 0. The molecule has 2 aliphatic rings. The number of hydrogen-bond donors (Lipinski definition) is 1. The van der Waals surface area contributed by atoms with Gasteiger partial charge in [-0.2, -0.15) is 0 Å². The number of aliphatic hydroxyl groups is 1. The van der Waals surface area contributed by atoms with E-state index in [1.54, 1.807) is 0 Å². The molecule has 0 aromatic carbocycles. The predicted octanol–water partition coefficient (Wildman–Crippen LogP) is 0.958. The topological polar surface area (TPSA) is 72.8 Å². The highest BCUT2D eigenvalue weighted by atomic mass is 16.6. The van der Waals surface area contributed by atoms with Crippen molar-refractivity contribution >= 4 is 19.6 Å². The van der Waals surface area contributed by atoms with Crippen LogP contribution in [-0.2, 0) is 19.1 Å². The molecule has 0 amide bonds. The van der Waals surface area contributed by atoms with Gasteiger partial charge in [-0.1, -0.05) is 25.7 Å². The first-order valence-electron chi connectivity index (χ1n) is 8.58. The molecule has 1 unspecified atom stereocenters. The lowest BCUT2D eigenvalue weighted by Crippen LogP contribution is -2.30. The van der Waals surface area contributed by atoms with Crippen molar-refractivity contribution in [1.29, 1.82) is 0 Å². The van der Waals surface area contributed by atoms with Crippen molar-refractivity contribution < 1.29 is 24.2 Å². The third-order valence-corrected chi connectivity index (χ3v) is 4.73. The summed E-state index contributed by atoms with van der Waals surface area (Å²) in [4.78, 5) is 24.1. The van der Waals surface area contributed by atoms with Crippen LogP contribution in [0.4, 0.5) is 0 Å². The number of aliphatic hydroxyl groups excluding tert-OH is 1. The van der Waals surface area contributed by atoms with Gasteiger partial charge in [0.15, 0.2) is 0 Å². The van der Waals surface area contributed by atoms with Crippen LogP contribution in [0.3, 0.4) is 0 Å². The number of rotatable bonds is 6. The van der Waals surface area contributed by atoms with Crippen molar-refractivity contribution in [1.82, 2.24) is 0 Å². The Kier molecular flexibility index (Phi) is 6.89. The van der Waals surface area contributed by atoms with Gasteiger partial charge in [-0.3, -0.25) is 9.59 Å². The van der Waals surface area contributed by atoms with Crippen molar-refractivity contribution in [3.05, 3.63) is 0 Å². The van der Waals surface area contributed by atoms with Crippen LogP contribution in [0.15, 0.2) is 0 Å². The number of Topliss-reactive ketones (excluding diaryl/α,β-unsaturated/α-hetero) is 1. The molecule has 22 heavy (non-hydrogen) atoms. The molecule has 3 atom stereocenters. The number of esters is 1. The van der Waals surface area contributed by atoms with Crippen LogP contribution < -0.4 is 0 Å². The van der Waals surface area contributed by atoms with E-state index in [2.05, 4.69) is 0 Å². The average Bonchev–Trinajstić information content (AvgIpc) is 2.70. The second kappa shape index (κ2) is 8.68. The van der Waals surface area contributed by atoms with Gasteiger partial charge in [0.2, 0.25) is 0 Å². The number of ketones is 1. The third kappa shape index (κ3) is 5.09. The highest BCUT2D eigenvalue weighted by molar-refractivity contribution is 6.11. The first-order chi connectivity index (χ1) is 10.6. The number of carbonyl (C=O) groups excluding carboxylic acids is 2. The number of hydrogen-bond acceptors (Lipinski definition) is 5. The molecule has 1 aliphatic carbocycles. The van der Waals surface area contributed by atoms with Gasteiger partial charge >= 0.3 is 5.97 Å². The normalized spacial score (nSPS) is 30.0. The molecule has 124 valence electrons. The maximum absolute atomic E-state index is 12.2. The Balaban J connectivity index is 1.71. The minimum atomic E-state index is -0.434. The molecule has 1 aliphatic heterocycles. The summed E-state index contributed by atoms with van der Waals surface area (Å²) in [6.07, 6.45) is 6.80. The lowest BCUT2D eigenvalue weighted by molar-refractivity contribution is -0.153. The lowest BCUT2D eigenvalue weighted by atomic mass is 9.93. The molecule has 0 aromatic heterocycles. The fourth-order valence-corrected chi connectivity index (χ4v) is 3.46. The Morgan fingerprint density at radius 2 is 1.82 bits per heavy atom. The molecule has 1 heterocycles. The van der Waals surface area contributed by atoms with E-state index in [4.69, 9.17) is 9.47 Å². The van der Waals surface area contributed by atoms with Crippen molar-refractivity contribution in [3.8, 4) is 0 Å². The standard InChI is InChI=1S/C16H27BO5/c17-15-9-13(14(10-18)21-15)22-16(20)8-7-12(19)11-5-3-1-2-4-6-11/h11,13-15,18H,1-10,17H2/t13?,14-,15-/m1/s1. The van der Waals surface area contributed by atoms with Crippen LogP contribution in [0.2, 0.25) is 0 Å². The van der Waals surface area contributed by atoms with Crippen LogP contribution in [0.5, 0.6) is 0 Å². The molecule has 0 radical (unpaired) electrons. The molecule has 0 aromatic rings. The van der Waals surface area contributed by atoms with E-state index >= 15 is 0 Å². The van der Waals surface area contributed by atoms with Crippen molar-refractivity contribution in [3.63, 3.8) is 0 Å². The second-order valence-corrected chi connectivity index (χ2v) is 6.59. The highest BCUT2D eigenvalue weighted by Crippen LogP contribution is 2.25. The molecule has 0 spiro atoms. The molecular formula is C16H27BO5. The van der Waals surface area contributed by atoms with E-state index in [9.17, 15) is 14.7 Å². The Labute approximate surface area is 133 Å². The van der Waals surface area contributed by atoms with Gasteiger partial charge in [0.05, 0.1) is 13.0 Å². The summed E-state index contributed by atoms with van der Waals surface area (Å²) in [5.74, 6) is -0.0213. The SMILES string of the molecule is B[C@H]1CC(OC(=O)CCC(=O)C2CCCCCC2)[C@@H](CO)O1.